The molecule has 0 saturated heterocycles. The average molecular weight is 348 g/mol. The van der Waals surface area contributed by atoms with Crippen molar-refractivity contribution < 1.29 is 13.9 Å². The molecule has 0 fully saturated rings. The maximum absolute atomic E-state index is 13.4. The van der Waals surface area contributed by atoms with Crippen LogP contribution >= 0.6 is 12.2 Å². The number of nitrogens with one attached hydrogen (secondary N) is 2. The predicted octanol–water partition coefficient (Wildman–Crippen LogP) is 4.74. The molecule has 0 amide bonds. The van der Waals surface area contributed by atoms with Crippen LogP contribution in [-0.4, -0.2) is 18.3 Å². The quantitative estimate of drug-likeness (QED) is 0.738. The van der Waals surface area contributed by atoms with E-state index < -0.39 is 0 Å². The first-order chi connectivity index (χ1) is 11.5. The van der Waals surface area contributed by atoms with Gasteiger partial charge in [-0.2, -0.15) is 0 Å². The first-order valence-electron chi connectivity index (χ1n) is 7.77. The highest BCUT2D eigenvalue weighted by molar-refractivity contribution is 7.80. The Bertz CT molecular complexity index is 722. The van der Waals surface area contributed by atoms with Crippen molar-refractivity contribution in [2.45, 2.75) is 20.8 Å². The second-order valence-corrected chi connectivity index (χ2v) is 5.47. The van der Waals surface area contributed by atoms with Gasteiger partial charge in [0.15, 0.2) is 5.11 Å². The lowest BCUT2D eigenvalue weighted by atomic mass is 10.2. The number of anilines is 2. The van der Waals surface area contributed by atoms with E-state index in [2.05, 4.69) is 10.6 Å². The molecule has 0 aromatic heterocycles. The molecule has 0 unspecified atom stereocenters. The number of halogens is 1. The van der Waals surface area contributed by atoms with E-state index in [1.54, 1.807) is 6.07 Å². The van der Waals surface area contributed by atoms with Crippen LogP contribution in [0.15, 0.2) is 36.4 Å². The number of hydrogen-bond acceptors (Lipinski definition) is 3. The van der Waals surface area contributed by atoms with Crippen LogP contribution in [0, 0.1) is 12.7 Å². The van der Waals surface area contributed by atoms with Crippen molar-refractivity contribution in [3.05, 3.63) is 47.8 Å². The van der Waals surface area contributed by atoms with Gasteiger partial charge in [-0.25, -0.2) is 4.39 Å². The monoisotopic (exact) mass is 348 g/mol. The van der Waals surface area contributed by atoms with E-state index in [1.807, 2.05) is 39.0 Å². The van der Waals surface area contributed by atoms with Crippen LogP contribution in [0.3, 0.4) is 0 Å². The molecular formula is C18H21FN2O2S. The standard InChI is InChI=1S/C18H21FN2O2S/c1-4-22-14-8-9-17(23-5-2)16(11-14)21-18(24)20-15-10-13(19)7-6-12(15)3/h6-11H,4-5H2,1-3H3,(H2,20,21,24). The minimum Gasteiger partial charge on any atom is -0.494 e. The number of hydrogen-bond donors (Lipinski definition) is 2. The molecule has 2 aromatic rings. The highest BCUT2D eigenvalue weighted by Gasteiger charge is 2.09. The van der Waals surface area contributed by atoms with Crippen molar-refractivity contribution in [3.8, 4) is 11.5 Å². The fourth-order valence-electron chi connectivity index (χ4n) is 2.15. The molecule has 2 rings (SSSR count). The second-order valence-electron chi connectivity index (χ2n) is 5.06. The van der Waals surface area contributed by atoms with Gasteiger partial charge in [-0.1, -0.05) is 6.07 Å². The van der Waals surface area contributed by atoms with E-state index in [-0.39, 0.29) is 5.82 Å². The smallest absolute Gasteiger partial charge is 0.175 e. The van der Waals surface area contributed by atoms with E-state index in [4.69, 9.17) is 21.7 Å². The Kier molecular flexibility index (Phi) is 6.37. The van der Waals surface area contributed by atoms with Crippen molar-refractivity contribution in [2.75, 3.05) is 23.8 Å². The lowest BCUT2D eigenvalue weighted by Gasteiger charge is -2.16. The Morgan fingerprint density at radius 3 is 2.42 bits per heavy atom. The van der Waals surface area contributed by atoms with Crippen LogP contribution in [0.2, 0.25) is 0 Å². The van der Waals surface area contributed by atoms with E-state index in [9.17, 15) is 4.39 Å². The van der Waals surface area contributed by atoms with E-state index in [0.717, 1.165) is 5.56 Å². The molecule has 0 saturated carbocycles. The third-order valence-electron chi connectivity index (χ3n) is 3.26. The molecule has 0 atom stereocenters. The Hall–Kier alpha value is -2.34. The summed E-state index contributed by atoms with van der Waals surface area (Å²) in [6.45, 7) is 6.81. The number of aryl methyl sites for hydroxylation is 1. The summed E-state index contributed by atoms with van der Waals surface area (Å²) >= 11 is 5.33. The van der Waals surface area contributed by atoms with Gasteiger partial charge in [0.05, 0.1) is 18.9 Å². The third kappa shape index (κ3) is 4.83. The molecule has 24 heavy (non-hydrogen) atoms. The van der Waals surface area contributed by atoms with Gasteiger partial charge in [0.25, 0.3) is 0 Å². The summed E-state index contributed by atoms with van der Waals surface area (Å²) in [4.78, 5) is 0. The molecule has 0 radical (unpaired) electrons. The topological polar surface area (TPSA) is 42.5 Å². The zero-order valence-corrected chi connectivity index (χ0v) is 14.8. The first-order valence-corrected chi connectivity index (χ1v) is 8.18. The SMILES string of the molecule is CCOc1ccc(OCC)c(NC(=S)Nc2cc(F)ccc2C)c1. The highest BCUT2D eigenvalue weighted by Crippen LogP contribution is 2.29. The molecule has 0 aliphatic carbocycles. The maximum Gasteiger partial charge on any atom is 0.175 e. The van der Waals surface area contributed by atoms with Gasteiger partial charge in [0.1, 0.15) is 17.3 Å². The molecule has 0 aliphatic rings. The Labute approximate surface area is 147 Å². The molecule has 4 nitrogen and oxygen atoms in total. The van der Waals surface area contributed by atoms with E-state index >= 15 is 0 Å². The molecule has 128 valence electrons. The van der Waals surface area contributed by atoms with Gasteiger partial charge in [0, 0.05) is 11.8 Å². The summed E-state index contributed by atoms with van der Waals surface area (Å²) in [5.74, 6) is 1.06. The van der Waals surface area contributed by atoms with Crippen LogP contribution in [0.1, 0.15) is 19.4 Å². The van der Waals surface area contributed by atoms with Crippen molar-refractivity contribution >= 4 is 28.7 Å². The van der Waals surface area contributed by atoms with E-state index in [1.165, 1.54) is 12.1 Å². The summed E-state index contributed by atoms with van der Waals surface area (Å²) in [6, 6.07) is 10.0. The van der Waals surface area contributed by atoms with E-state index in [0.29, 0.717) is 41.2 Å². The third-order valence-corrected chi connectivity index (χ3v) is 3.46. The van der Waals surface area contributed by atoms with Crippen LogP contribution in [0.25, 0.3) is 0 Å². The summed E-state index contributed by atoms with van der Waals surface area (Å²) < 4.78 is 24.5. The minimum absolute atomic E-state index is 0.320. The molecule has 6 heteroatoms. The Morgan fingerprint density at radius 2 is 1.71 bits per heavy atom. The molecule has 2 aromatic carbocycles. The van der Waals surface area contributed by atoms with Crippen LogP contribution in [-0.2, 0) is 0 Å². The fraction of sp³-hybridized carbons (Fsp3) is 0.278. The van der Waals surface area contributed by atoms with Gasteiger partial charge in [0.2, 0.25) is 0 Å². The summed E-state index contributed by atoms with van der Waals surface area (Å²) in [7, 11) is 0. The Balaban J connectivity index is 2.17. The van der Waals surface area contributed by atoms with Gasteiger partial charge in [-0.05, 0) is 62.8 Å². The number of ether oxygens (including phenoxy) is 2. The zero-order valence-electron chi connectivity index (χ0n) is 14.0. The van der Waals surface area contributed by atoms with Gasteiger partial charge in [-0.3, -0.25) is 0 Å². The van der Waals surface area contributed by atoms with Gasteiger partial charge >= 0.3 is 0 Å². The molecular weight excluding hydrogens is 327 g/mol. The van der Waals surface area contributed by atoms with Crippen molar-refractivity contribution in [3.63, 3.8) is 0 Å². The molecule has 0 heterocycles. The largest absolute Gasteiger partial charge is 0.494 e. The summed E-state index contributed by atoms with van der Waals surface area (Å²) in [6.07, 6.45) is 0. The minimum atomic E-state index is -0.320. The molecule has 0 aliphatic heterocycles. The highest BCUT2D eigenvalue weighted by atomic mass is 32.1. The fourth-order valence-corrected chi connectivity index (χ4v) is 2.37. The normalized spacial score (nSPS) is 10.2. The van der Waals surface area contributed by atoms with Crippen molar-refractivity contribution in [1.82, 2.24) is 0 Å². The summed E-state index contributed by atoms with van der Waals surface area (Å²) in [5.41, 5.74) is 2.20. The first kappa shape index (κ1) is 18.0. The van der Waals surface area contributed by atoms with Crippen molar-refractivity contribution in [2.24, 2.45) is 0 Å². The second kappa shape index (κ2) is 8.49. The number of thiocarbonyl (C=S) groups is 1. The van der Waals surface area contributed by atoms with Crippen molar-refractivity contribution in [1.29, 1.82) is 0 Å². The number of rotatable bonds is 6. The molecule has 2 N–H and O–H groups in total. The Morgan fingerprint density at radius 1 is 1.00 bits per heavy atom. The average Bonchev–Trinajstić information content (AvgIpc) is 2.54. The van der Waals surface area contributed by atoms with Crippen LogP contribution in [0.5, 0.6) is 11.5 Å². The van der Waals surface area contributed by atoms with Crippen LogP contribution in [0.4, 0.5) is 15.8 Å². The zero-order chi connectivity index (χ0) is 17.5. The predicted molar refractivity (Wildman–Crippen MR) is 99.8 cm³/mol. The van der Waals surface area contributed by atoms with Crippen LogP contribution < -0.4 is 20.1 Å². The van der Waals surface area contributed by atoms with Gasteiger partial charge in [-0.15, -0.1) is 0 Å². The molecule has 0 bridgehead atoms. The lowest BCUT2D eigenvalue weighted by molar-refractivity contribution is 0.332. The van der Waals surface area contributed by atoms with Gasteiger partial charge < -0.3 is 20.1 Å². The number of benzene rings is 2. The maximum atomic E-state index is 13.4. The molecule has 0 spiro atoms. The lowest BCUT2D eigenvalue weighted by Crippen LogP contribution is -2.20. The summed E-state index contributed by atoms with van der Waals surface area (Å²) in [5, 5.41) is 6.43.